The van der Waals surface area contributed by atoms with Crippen LogP contribution in [0.3, 0.4) is 0 Å². The summed E-state index contributed by atoms with van der Waals surface area (Å²) in [5.41, 5.74) is 1.21. The summed E-state index contributed by atoms with van der Waals surface area (Å²) in [6, 6.07) is 10.8. The first kappa shape index (κ1) is 13.9. The number of rotatable bonds is 3. The lowest BCUT2D eigenvalue weighted by atomic mass is 10.2. The molecule has 0 atom stereocenters. The molecule has 0 saturated heterocycles. The molecule has 2 N–H and O–H groups in total. The molecule has 0 aliphatic heterocycles. The van der Waals surface area contributed by atoms with Crippen LogP contribution < -0.4 is 4.74 Å². The van der Waals surface area contributed by atoms with Crippen LogP contribution >= 0.6 is 0 Å². The Kier molecular flexibility index (Phi) is 4.59. The molecule has 0 aromatic heterocycles. The Balaban J connectivity index is 2.11. The fourth-order valence-electron chi connectivity index (χ4n) is 1.67. The van der Waals surface area contributed by atoms with Crippen LogP contribution in [0.15, 0.2) is 42.5 Å². The molecule has 3 nitrogen and oxygen atoms in total. The monoisotopic (exact) mass is 272 g/mol. The Bertz CT molecular complexity index is 656. The number of phenolic OH excluding ortho intramolecular Hbond substituents is 1. The predicted molar refractivity (Wildman–Crippen MR) is 72.8 cm³/mol. The first-order valence-electron chi connectivity index (χ1n) is 5.98. The molecular formula is C16H13FO3. The normalized spacial score (nSPS) is 9.70. The van der Waals surface area contributed by atoms with E-state index in [1.807, 2.05) is 0 Å². The number of hydrogen-bond acceptors (Lipinski definition) is 3. The highest BCUT2D eigenvalue weighted by Gasteiger charge is 2.02. The molecule has 4 heteroatoms. The Morgan fingerprint density at radius 2 is 2.00 bits per heavy atom. The highest BCUT2D eigenvalue weighted by Crippen LogP contribution is 2.18. The minimum Gasteiger partial charge on any atom is -0.508 e. The van der Waals surface area contributed by atoms with Crippen LogP contribution in [0.5, 0.6) is 11.5 Å². The van der Waals surface area contributed by atoms with Gasteiger partial charge in [-0.05, 0) is 29.8 Å². The van der Waals surface area contributed by atoms with Crippen LogP contribution in [-0.4, -0.2) is 16.8 Å². The number of ether oxygens (including phenoxy) is 1. The van der Waals surface area contributed by atoms with Gasteiger partial charge < -0.3 is 14.9 Å². The van der Waals surface area contributed by atoms with Crippen molar-refractivity contribution in [2.24, 2.45) is 0 Å². The maximum atomic E-state index is 13.4. The van der Waals surface area contributed by atoms with E-state index in [0.717, 1.165) is 5.56 Å². The third-order valence-electron chi connectivity index (χ3n) is 2.50. The molecular weight excluding hydrogens is 259 g/mol. The molecule has 20 heavy (non-hydrogen) atoms. The van der Waals surface area contributed by atoms with E-state index in [1.165, 1.54) is 12.1 Å². The number of halogens is 1. The molecule has 0 fully saturated rings. The van der Waals surface area contributed by atoms with Crippen LogP contribution in [-0.2, 0) is 6.61 Å². The summed E-state index contributed by atoms with van der Waals surface area (Å²) < 4.78 is 18.9. The van der Waals surface area contributed by atoms with Gasteiger partial charge >= 0.3 is 0 Å². The van der Waals surface area contributed by atoms with E-state index >= 15 is 0 Å². The van der Waals surface area contributed by atoms with Crippen LogP contribution in [0.2, 0.25) is 0 Å². The summed E-state index contributed by atoms with van der Waals surface area (Å²) in [4.78, 5) is 0. The number of phenols is 1. The van der Waals surface area contributed by atoms with Gasteiger partial charge in [0, 0.05) is 11.6 Å². The van der Waals surface area contributed by atoms with Crippen molar-refractivity contribution in [1.82, 2.24) is 0 Å². The molecule has 2 aromatic carbocycles. The zero-order chi connectivity index (χ0) is 14.4. The maximum absolute atomic E-state index is 13.4. The number of benzene rings is 2. The lowest BCUT2D eigenvalue weighted by Crippen LogP contribution is -1.96. The smallest absolute Gasteiger partial charge is 0.128 e. The fourth-order valence-corrected chi connectivity index (χ4v) is 1.67. The van der Waals surface area contributed by atoms with Gasteiger partial charge in [-0.3, -0.25) is 0 Å². The van der Waals surface area contributed by atoms with Crippen LogP contribution in [0.25, 0.3) is 0 Å². The van der Waals surface area contributed by atoms with Gasteiger partial charge in [-0.25, -0.2) is 4.39 Å². The van der Waals surface area contributed by atoms with Crippen molar-refractivity contribution < 1.29 is 19.3 Å². The average molecular weight is 272 g/mol. The van der Waals surface area contributed by atoms with Gasteiger partial charge in [0.05, 0.1) is 0 Å². The topological polar surface area (TPSA) is 49.7 Å². The SMILES string of the molecule is OCC#Cc1cc(F)cc(OCc2cccc(O)c2)c1. The van der Waals surface area contributed by atoms with Gasteiger partial charge in [-0.2, -0.15) is 0 Å². The number of aliphatic hydroxyl groups is 1. The highest BCUT2D eigenvalue weighted by molar-refractivity contribution is 5.40. The molecule has 0 amide bonds. The van der Waals surface area contributed by atoms with Gasteiger partial charge in [0.15, 0.2) is 0 Å². The molecule has 0 spiro atoms. The van der Waals surface area contributed by atoms with Gasteiger partial charge in [-0.1, -0.05) is 24.0 Å². The standard InChI is InChI=1S/C16H13FO3/c17-14-7-12(4-2-6-18)9-16(10-14)20-11-13-3-1-5-15(19)8-13/h1,3,5,7-10,18-19H,6,11H2. The lowest BCUT2D eigenvalue weighted by Gasteiger charge is -2.07. The molecule has 0 aliphatic carbocycles. The van der Waals surface area contributed by atoms with Crippen LogP contribution in [0.4, 0.5) is 4.39 Å². The average Bonchev–Trinajstić information content (AvgIpc) is 2.42. The van der Waals surface area contributed by atoms with Crippen molar-refractivity contribution in [3.63, 3.8) is 0 Å². The third kappa shape index (κ3) is 4.01. The maximum Gasteiger partial charge on any atom is 0.128 e. The Morgan fingerprint density at radius 3 is 2.75 bits per heavy atom. The molecule has 0 unspecified atom stereocenters. The van der Waals surface area contributed by atoms with Crippen molar-refractivity contribution >= 4 is 0 Å². The second-order valence-electron chi connectivity index (χ2n) is 4.09. The summed E-state index contributed by atoms with van der Waals surface area (Å²) in [6.07, 6.45) is 0. The van der Waals surface area contributed by atoms with Crippen molar-refractivity contribution in [3.05, 3.63) is 59.4 Å². The summed E-state index contributed by atoms with van der Waals surface area (Å²) in [7, 11) is 0. The van der Waals surface area contributed by atoms with E-state index in [2.05, 4.69) is 11.8 Å². The first-order chi connectivity index (χ1) is 9.67. The van der Waals surface area contributed by atoms with E-state index in [4.69, 9.17) is 9.84 Å². The number of hydrogen-bond donors (Lipinski definition) is 2. The summed E-state index contributed by atoms with van der Waals surface area (Å²) in [6.45, 7) is -0.0687. The van der Waals surface area contributed by atoms with E-state index < -0.39 is 5.82 Å². The van der Waals surface area contributed by atoms with Crippen molar-refractivity contribution in [2.45, 2.75) is 6.61 Å². The van der Waals surface area contributed by atoms with E-state index in [1.54, 1.807) is 30.3 Å². The minimum absolute atomic E-state index is 0.153. The molecule has 102 valence electrons. The van der Waals surface area contributed by atoms with Gasteiger partial charge in [0.1, 0.15) is 30.5 Å². The second-order valence-corrected chi connectivity index (χ2v) is 4.09. The second kappa shape index (κ2) is 6.60. The fraction of sp³-hybridized carbons (Fsp3) is 0.125. The van der Waals surface area contributed by atoms with Crippen LogP contribution in [0.1, 0.15) is 11.1 Å². The Labute approximate surface area is 116 Å². The summed E-state index contributed by atoms with van der Waals surface area (Å²) in [5.74, 6) is 5.11. The number of aliphatic hydroxyl groups excluding tert-OH is 1. The van der Waals surface area contributed by atoms with Gasteiger partial charge in [0.25, 0.3) is 0 Å². The van der Waals surface area contributed by atoms with Crippen molar-refractivity contribution in [3.8, 4) is 23.3 Å². The predicted octanol–water partition coefficient (Wildman–Crippen LogP) is 2.45. The molecule has 2 rings (SSSR count). The molecule has 0 saturated carbocycles. The van der Waals surface area contributed by atoms with E-state index in [9.17, 15) is 9.50 Å². The molecule has 0 radical (unpaired) electrons. The van der Waals surface area contributed by atoms with Crippen molar-refractivity contribution in [1.29, 1.82) is 0 Å². The summed E-state index contributed by atoms with van der Waals surface area (Å²) >= 11 is 0. The summed E-state index contributed by atoms with van der Waals surface area (Å²) in [5, 5.41) is 18.0. The Hall–Kier alpha value is -2.51. The highest BCUT2D eigenvalue weighted by atomic mass is 19.1. The van der Waals surface area contributed by atoms with Gasteiger partial charge in [0.2, 0.25) is 0 Å². The molecule has 2 aromatic rings. The lowest BCUT2D eigenvalue weighted by molar-refractivity contribution is 0.304. The first-order valence-corrected chi connectivity index (χ1v) is 5.98. The zero-order valence-corrected chi connectivity index (χ0v) is 10.6. The Morgan fingerprint density at radius 1 is 1.15 bits per heavy atom. The number of aromatic hydroxyl groups is 1. The van der Waals surface area contributed by atoms with Crippen molar-refractivity contribution in [2.75, 3.05) is 6.61 Å². The quantitative estimate of drug-likeness (QED) is 0.844. The largest absolute Gasteiger partial charge is 0.508 e. The van der Waals surface area contributed by atoms with E-state index in [0.29, 0.717) is 11.3 Å². The zero-order valence-electron chi connectivity index (χ0n) is 10.6. The molecule has 0 heterocycles. The van der Waals surface area contributed by atoms with E-state index in [-0.39, 0.29) is 19.0 Å². The third-order valence-corrected chi connectivity index (χ3v) is 2.50. The minimum atomic E-state index is -0.458. The van der Waals surface area contributed by atoms with Gasteiger partial charge in [-0.15, -0.1) is 0 Å². The molecule has 0 aliphatic rings. The molecule has 0 bridgehead atoms. The van der Waals surface area contributed by atoms with Crippen LogP contribution in [0, 0.1) is 17.7 Å².